The first-order valence-electron chi connectivity index (χ1n) is 9.35. The van der Waals surface area contributed by atoms with Crippen molar-refractivity contribution in [3.8, 4) is 5.75 Å². The zero-order valence-corrected chi connectivity index (χ0v) is 17.2. The zero-order valence-electron chi connectivity index (χ0n) is 16.3. The summed E-state index contributed by atoms with van der Waals surface area (Å²) in [6, 6.07) is 3.86. The summed E-state index contributed by atoms with van der Waals surface area (Å²) < 4.78 is 35.1. The van der Waals surface area contributed by atoms with Crippen LogP contribution in [0.1, 0.15) is 55.7 Å². The molecule has 1 amide bonds. The molecule has 27 heavy (non-hydrogen) atoms. The van der Waals surface area contributed by atoms with Crippen LogP contribution in [0.3, 0.4) is 0 Å². The molecule has 1 spiro atoms. The third kappa shape index (κ3) is 3.70. The van der Waals surface area contributed by atoms with Crippen molar-refractivity contribution in [3.05, 3.63) is 34.6 Å². The molecule has 0 radical (unpaired) electrons. The van der Waals surface area contributed by atoms with Crippen molar-refractivity contribution in [2.24, 2.45) is 0 Å². The fourth-order valence-corrected chi connectivity index (χ4v) is 4.78. The van der Waals surface area contributed by atoms with E-state index in [2.05, 4.69) is 5.32 Å². The predicted octanol–water partition coefficient (Wildman–Crippen LogP) is 3.09. The van der Waals surface area contributed by atoms with Crippen LogP contribution in [-0.4, -0.2) is 33.2 Å². The lowest BCUT2D eigenvalue weighted by atomic mass is 9.80. The SMILES string of the molecule is CCc1cc(C)cc(OC)c1C1=C(OS(C)(=O)=O)C2(CCCCC2)NC1=O. The van der Waals surface area contributed by atoms with Gasteiger partial charge in [0.2, 0.25) is 0 Å². The van der Waals surface area contributed by atoms with Crippen molar-refractivity contribution in [2.75, 3.05) is 13.4 Å². The van der Waals surface area contributed by atoms with Crippen LogP contribution in [0, 0.1) is 6.92 Å². The van der Waals surface area contributed by atoms with Gasteiger partial charge >= 0.3 is 10.1 Å². The van der Waals surface area contributed by atoms with Gasteiger partial charge < -0.3 is 14.2 Å². The average molecular weight is 394 g/mol. The van der Waals surface area contributed by atoms with Crippen LogP contribution in [0.2, 0.25) is 0 Å². The number of nitrogens with one attached hydrogen (secondary N) is 1. The Morgan fingerprint density at radius 3 is 2.41 bits per heavy atom. The average Bonchev–Trinajstić information content (AvgIpc) is 2.84. The van der Waals surface area contributed by atoms with Gasteiger partial charge in [-0.1, -0.05) is 32.3 Å². The highest BCUT2D eigenvalue weighted by Crippen LogP contribution is 2.46. The fourth-order valence-electron chi connectivity index (χ4n) is 4.24. The first kappa shape index (κ1) is 19.7. The molecule has 0 saturated heterocycles. The van der Waals surface area contributed by atoms with Crippen molar-refractivity contribution < 1.29 is 22.1 Å². The van der Waals surface area contributed by atoms with E-state index in [0.29, 0.717) is 30.6 Å². The molecule has 0 bridgehead atoms. The van der Waals surface area contributed by atoms with E-state index in [-0.39, 0.29) is 17.2 Å². The third-order valence-corrected chi connectivity index (χ3v) is 5.83. The number of hydrogen-bond donors (Lipinski definition) is 1. The number of amides is 1. The second-order valence-electron chi connectivity index (χ2n) is 7.44. The molecule has 1 fully saturated rings. The van der Waals surface area contributed by atoms with Crippen molar-refractivity contribution in [3.63, 3.8) is 0 Å². The summed E-state index contributed by atoms with van der Waals surface area (Å²) in [6.45, 7) is 3.96. The van der Waals surface area contributed by atoms with Crippen molar-refractivity contribution >= 4 is 21.6 Å². The Morgan fingerprint density at radius 1 is 1.19 bits per heavy atom. The number of rotatable bonds is 5. The molecule has 0 atom stereocenters. The number of carbonyl (C=O) groups is 1. The van der Waals surface area contributed by atoms with E-state index in [1.807, 2.05) is 26.0 Å². The van der Waals surface area contributed by atoms with Crippen LogP contribution >= 0.6 is 0 Å². The van der Waals surface area contributed by atoms with E-state index in [1.54, 1.807) is 7.11 Å². The van der Waals surface area contributed by atoms with Gasteiger partial charge in [-0.25, -0.2) is 0 Å². The molecule has 1 heterocycles. The number of methoxy groups -OCH3 is 1. The molecular formula is C20H27NO5S. The van der Waals surface area contributed by atoms with Gasteiger partial charge in [0.15, 0.2) is 5.76 Å². The monoisotopic (exact) mass is 393 g/mol. The van der Waals surface area contributed by atoms with Gasteiger partial charge in [0.05, 0.1) is 18.9 Å². The number of aryl methyl sites for hydroxylation is 2. The first-order valence-corrected chi connectivity index (χ1v) is 11.2. The van der Waals surface area contributed by atoms with Gasteiger partial charge in [-0.3, -0.25) is 4.79 Å². The normalized spacial score (nSPS) is 19.3. The summed E-state index contributed by atoms with van der Waals surface area (Å²) >= 11 is 0. The summed E-state index contributed by atoms with van der Waals surface area (Å²) in [5.41, 5.74) is 2.11. The highest BCUT2D eigenvalue weighted by atomic mass is 32.2. The molecule has 0 aromatic heterocycles. The number of carbonyl (C=O) groups excluding carboxylic acids is 1. The molecule has 2 aliphatic rings. The maximum atomic E-state index is 13.1. The van der Waals surface area contributed by atoms with Crippen LogP contribution in [0.4, 0.5) is 0 Å². The van der Waals surface area contributed by atoms with Gasteiger partial charge in [-0.05, 0) is 43.4 Å². The van der Waals surface area contributed by atoms with Gasteiger partial charge in [0.1, 0.15) is 11.3 Å². The predicted molar refractivity (Wildman–Crippen MR) is 104 cm³/mol. The number of hydrogen-bond acceptors (Lipinski definition) is 5. The van der Waals surface area contributed by atoms with E-state index in [1.165, 1.54) is 0 Å². The lowest BCUT2D eigenvalue weighted by Gasteiger charge is -2.34. The van der Waals surface area contributed by atoms with Gasteiger partial charge in [0.25, 0.3) is 5.91 Å². The molecule has 1 N–H and O–H groups in total. The Bertz CT molecular complexity index is 870. The second kappa shape index (κ2) is 7.19. The van der Waals surface area contributed by atoms with E-state index in [0.717, 1.165) is 36.6 Å². The largest absolute Gasteiger partial charge is 0.496 e. The standard InChI is InChI=1S/C20H27NO5S/c1-5-14-11-13(2)12-15(25-3)16(14)17-18(26-27(4,23)24)20(21-19(17)22)9-7-6-8-10-20/h11-12H,5-10H2,1-4H3,(H,21,22). The van der Waals surface area contributed by atoms with E-state index in [4.69, 9.17) is 8.92 Å². The Balaban J connectivity index is 2.31. The number of ether oxygens (including phenoxy) is 1. The lowest BCUT2D eigenvalue weighted by Crippen LogP contribution is -2.46. The Kier molecular flexibility index (Phi) is 5.25. The molecular weight excluding hydrogens is 366 g/mol. The highest BCUT2D eigenvalue weighted by Gasteiger charge is 2.49. The summed E-state index contributed by atoms with van der Waals surface area (Å²) in [6.07, 6.45) is 5.93. The summed E-state index contributed by atoms with van der Waals surface area (Å²) in [7, 11) is -2.23. The minimum atomic E-state index is -3.79. The van der Waals surface area contributed by atoms with Crippen molar-refractivity contribution in [2.45, 2.75) is 57.9 Å². The second-order valence-corrected chi connectivity index (χ2v) is 9.02. The quantitative estimate of drug-likeness (QED) is 0.778. The lowest BCUT2D eigenvalue weighted by molar-refractivity contribution is -0.116. The maximum absolute atomic E-state index is 13.1. The topological polar surface area (TPSA) is 81.7 Å². The molecule has 0 unspecified atom stereocenters. The van der Waals surface area contributed by atoms with Gasteiger partial charge in [-0.15, -0.1) is 0 Å². The van der Waals surface area contributed by atoms with E-state index in [9.17, 15) is 13.2 Å². The Morgan fingerprint density at radius 2 is 1.85 bits per heavy atom. The molecule has 3 rings (SSSR count). The van der Waals surface area contributed by atoms with Crippen LogP contribution in [0.25, 0.3) is 5.57 Å². The van der Waals surface area contributed by atoms with Crippen molar-refractivity contribution in [1.82, 2.24) is 5.32 Å². The minimum absolute atomic E-state index is 0.228. The molecule has 6 nitrogen and oxygen atoms in total. The summed E-state index contributed by atoms with van der Waals surface area (Å²) in [5.74, 6) is 0.485. The minimum Gasteiger partial charge on any atom is -0.496 e. The van der Waals surface area contributed by atoms with E-state index >= 15 is 0 Å². The fraction of sp³-hybridized carbons (Fsp3) is 0.550. The van der Waals surface area contributed by atoms with Crippen LogP contribution in [0.15, 0.2) is 17.9 Å². The van der Waals surface area contributed by atoms with Crippen LogP contribution in [-0.2, 0) is 25.5 Å². The maximum Gasteiger partial charge on any atom is 0.306 e. The molecule has 1 aliphatic heterocycles. The molecule has 148 valence electrons. The molecule has 7 heteroatoms. The van der Waals surface area contributed by atoms with E-state index < -0.39 is 15.7 Å². The van der Waals surface area contributed by atoms with Gasteiger partial charge in [-0.2, -0.15) is 8.42 Å². The smallest absolute Gasteiger partial charge is 0.306 e. The van der Waals surface area contributed by atoms with Crippen molar-refractivity contribution in [1.29, 1.82) is 0 Å². The molecule has 1 aromatic carbocycles. The Labute approximate surface area is 161 Å². The van der Waals surface area contributed by atoms with Gasteiger partial charge in [0, 0.05) is 5.56 Å². The van der Waals surface area contributed by atoms with Crippen LogP contribution < -0.4 is 10.1 Å². The molecule has 1 aliphatic carbocycles. The molecule has 1 aromatic rings. The summed E-state index contributed by atoms with van der Waals surface area (Å²) in [5, 5.41) is 3.05. The molecule has 1 saturated carbocycles. The summed E-state index contributed by atoms with van der Waals surface area (Å²) in [4.78, 5) is 13.1. The zero-order chi connectivity index (χ0) is 19.8. The first-order chi connectivity index (χ1) is 12.7. The van der Waals surface area contributed by atoms with Crippen LogP contribution in [0.5, 0.6) is 5.75 Å². The number of benzene rings is 1. The Hall–Kier alpha value is -2.02. The third-order valence-electron chi connectivity index (χ3n) is 5.36. The highest BCUT2D eigenvalue weighted by molar-refractivity contribution is 7.86.